The van der Waals surface area contributed by atoms with Crippen LogP contribution in [0.2, 0.25) is 0 Å². The number of aryl methyl sites for hydroxylation is 1. The molecule has 0 radical (unpaired) electrons. The lowest BCUT2D eigenvalue weighted by Gasteiger charge is -2.46. The van der Waals surface area contributed by atoms with Crippen LogP contribution in [0.15, 0.2) is 30.5 Å². The molecule has 1 saturated heterocycles. The molecule has 0 bridgehead atoms. The SMILES string of the molecule is COCCN(C)CCCC(C(C)C)N1CC(c2cc(-c3ccc(F)cc3C(=O)N(CC(F)F)C(C)C)c3c(F)nc(C)n3c2)C1. The predicted molar refractivity (Wildman–Crippen MR) is 169 cm³/mol. The van der Waals surface area contributed by atoms with Gasteiger partial charge < -0.3 is 18.9 Å². The fraction of sp³-hybridized carbons (Fsp3) is 0.588. The summed E-state index contributed by atoms with van der Waals surface area (Å²) in [4.78, 5) is 23.5. The van der Waals surface area contributed by atoms with Crippen LogP contribution in [-0.4, -0.2) is 102 Å². The zero-order valence-electron chi connectivity index (χ0n) is 27.5. The van der Waals surface area contributed by atoms with Gasteiger partial charge in [0.05, 0.1) is 18.7 Å². The van der Waals surface area contributed by atoms with E-state index >= 15 is 4.39 Å². The Labute approximate surface area is 264 Å². The number of likely N-dealkylation sites (N-methyl/N-ethyl adjacent to an activating group) is 1. The average Bonchev–Trinajstić information content (AvgIpc) is 3.24. The van der Waals surface area contributed by atoms with Crippen LogP contribution in [0, 0.1) is 24.6 Å². The van der Waals surface area contributed by atoms with Gasteiger partial charge in [0.2, 0.25) is 5.95 Å². The number of aromatic nitrogens is 2. The highest BCUT2D eigenvalue weighted by Gasteiger charge is 2.35. The lowest BCUT2D eigenvalue weighted by atomic mass is 9.85. The quantitative estimate of drug-likeness (QED) is 0.179. The molecule has 0 N–H and O–H groups in total. The van der Waals surface area contributed by atoms with Crippen LogP contribution in [-0.2, 0) is 4.74 Å². The molecule has 1 aromatic carbocycles. The van der Waals surface area contributed by atoms with Crippen molar-refractivity contribution < 1.29 is 27.1 Å². The number of carbonyl (C=O) groups excluding carboxylic acids is 1. The third-order valence-corrected chi connectivity index (χ3v) is 8.95. The third-order valence-electron chi connectivity index (χ3n) is 8.95. The van der Waals surface area contributed by atoms with Gasteiger partial charge in [-0.2, -0.15) is 4.39 Å². The molecule has 11 heteroatoms. The van der Waals surface area contributed by atoms with E-state index in [1.165, 1.54) is 12.1 Å². The molecule has 248 valence electrons. The van der Waals surface area contributed by atoms with Crippen molar-refractivity contribution in [1.29, 1.82) is 0 Å². The number of pyridine rings is 1. The summed E-state index contributed by atoms with van der Waals surface area (Å²) in [5, 5.41) is 0. The first kappa shape index (κ1) is 34.8. The van der Waals surface area contributed by atoms with Crippen LogP contribution in [0.3, 0.4) is 0 Å². The van der Waals surface area contributed by atoms with Crippen LogP contribution < -0.4 is 0 Å². The standard InChI is InChI=1S/C34H47F4N5O2/c1-21(2)30(9-8-12-40(6)13-14-45-7)41-17-25(18-41)24-15-28(32-33(38)39-23(5)43(32)19-24)27-11-10-26(35)16-29(27)34(44)42(22(3)4)20-31(36)37/h10-11,15-16,19,21-22,25,30-31H,8-9,12-14,17-18,20H2,1-7H3. The molecule has 1 atom stereocenters. The van der Waals surface area contributed by atoms with E-state index < -0.39 is 36.7 Å². The van der Waals surface area contributed by atoms with Gasteiger partial charge >= 0.3 is 0 Å². The second-order valence-corrected chi connectivity index (χ2v) is 12.9. The maximum atomic E-state index is 15.3. The van der Waals surface area contributed by atoms with Crippen molar-refractivity contribution in [2.75, 3.05) is 53.5 Å². The smallest absolute Gasteiger partial charge is 0.255 e. The van der Waals surface area contributed by atoms with Gasteiger partial charge in [0, 0.05) is 56.5 Å². The molecule has 1 unspecified atom stereocenters. The van der Waals surface area contributed by atoms with Crippen LogP contribution >= 0.6 is 0 Å². The number of carbonyl (C=O) groups is 1. The minimum atomic E-state index is -2.76. The highest BCUT2D eigenvalue weighted by molar-refractivity contribution is 6.03. The van der Waals surface area contributed by atoms with E-state index in [1.54, 1.807) is 32.3 Å². The summed E-state index contributed by atoms with van der Waals surface area (Å²) in [6.07, 6.45) is 1.29. The number of methoxy groups -OCH3 is 1. The number of alkyl halides is 2. The summed E-state index contributed by atoms with van der Waals surface area (Å²) in [7, 11) is 3.82. The largest absolute Gasteiger partial charge is 0.383 e. The second-order valence-electron chi connectivity index (χ2n) is 12.9. The Hall–Kier alpha value is -3.02. The molecule has 4 rings (SSSR count). The van der Waals surface area contributed by atoms with Gasteiger partial charge in [-0.15, -0.1) is 0 Å². The Balaban J connectivity index is 1.65. The van der Waals surface area contributed by atoms with Crippen molar-refractivity contribution in [3.05, 3.63) is 59.2 Å². The molecule has 0 spiro atoms. The fourth-order valence-electron chi connectivity index (χ4n) is 6.38. The number of ether oxygens (including phenoxy) is 1. The summed E-state index contributed by atoms with van der Waals surface area (Å²) in [6, 6.07) is 5.40. The van der Waals surface area contributed by atoms with Crippen LogP contribution in [0.25, 0.3) is 16.6 Å². The average molecular weight is 634 g/mol. The molecule has 7 nitrogen and oxygen atoms in total. The first-order valence-electron chi connectivity index (χ1n) is 15.8. The van der Waals surface area contributed by atoms with E-state index in [0.29, 0.717) is 30.0 Å². The second kappa shape index (κ2) is 15.0. The molecule has 45 heavy (non-hydrogen) atoms. The Morgan fingerprint density at radius 1 is 1.09 bits per heavy atom. The number of hydrogen-bond donors (Lipinski definition) is 0. The molecule has 3 heterocycles. The lowest BCUT2D eigenvalue weighted by Crippen LogP contribution is -2.52. The van der Waals surface area contributed by atoms with Crippen molar-refractivity contribution in [1.82, 2.24) is 24.1 Å². The number of amides is 1. The van der Waals surface area contributed by atoms with E-state index in [-0.39, 0.29) is 22.6 Å². The van der Waals surface area contributed by atoms with Crippen molar-refractivity contribution in [2.45, 2.75) is 71.9 Å². The first-order valence-corrected chi connectivity index (χ1v) is 15.8. The zero-order chi connectivity index (χ0) is 33.0. The molecule has 2 aromatic heterocycles. The molecule has 1 aliphatic rings. The molecule has 3 aromatic rings. The Morgan fingerprint density at radius 2 is 1.80 bits per heavy atom. The van der Waals surface area contributed by atoms with Crippen molar-refractivity contribution in [3.8, 4) is 11.1 Å². The molecule has 0 saturated carbocycles. The Bertz CT molecular complexity index is 1450. The van der Waals surface area contributed by atoms with Crippen molar-refractivity contribution in [3.63, 3.8) is 0 Å². The number of imidazole rings is 1. The number of nitrogens with zero attached hydrogens (tertiary/aromatic N) is 5. The molecular formula is C34H47F4N5O2. The van der Waals surface area contributed by atoms with Crippen molar-refractivity contribution >= 4 is 11.4 Å². The van der Waals surface area contributed by atoms with Gasteiger partial charge in [-0.3, -0.25) is 9.69 Å². The van der Waals surface area contributed by atoms with Gasteiger partial charge in [0.15, 0.2) is 0 Å². The summed E-state index contributed by atoms with van der Waals surface area (Å²) in [5.41, 5.74) is 1.68. The minimum Gasteiger partial charge on any atom is -0.383 e. The zero-order valence-corrected chi connectivity index (χ0v) is 27.5. The molecule has 1 aliphatic heterocycles. The third kappa shape index (κ3) is 8.04. The maximum Gasteiger partial charge on any atom is 0.255 e. The molecule has 0 aliphatic carbocycles. The van der Waals surface area contributed by atoms with E-state index in [2.05, 4.69) is 35.7 Å². The number of benzene rings is 1. The topological polar surface area (TPSA) is 53.3 Å². The maximum absolute atomic E-state index is 15.3. The van der Waals surface area contributed by atoms with Crippen LogP contribution in [0.4, 0.5) is 17.6 Å². The molecule has 1 fully saturated rings. The van der Waals surface area contributed by atoms with Gasteiger partial charge in [-0.05, 0) is 82.4 Å². The van der Waals surface area contributed by atoms with Crippen LogP contribution in [0.5, 0.6) is 0 Å². The number of halogens is 4. The number of fused-ring (bicyclic) bond motifs is 1. The van der Waals surface area contributed by atoms with Gasteiger partial charge in [-0.25, -0.2) is 18.2 Å². The number of hydrogen-bond acceptors (Lipinski definition) is 5. The summed E-state index contributed by atoms with van der Waals surface area (Å²) in [6.45, 7) is 12.9. The number of likely N-dealkylation sites (tertiary alicyclic amines) is 1. The highest BCUT2D eigenvalue weighted by Crippen LogP contribution is 2.38. The highest BCUT2D eigenvalue weighted by atomic mass is 19.3. The van der Waals surface area contributed by atoms with Crippen LogP contribution in [0.1, 0.15) is 68.2 Å². The first-order chi connectivity index (χ1) is 21.3. The van der Waals surface area contributed by atoms with E-state index in [4.69, 9.17) is 4.74 Å². The predicted octanol–water partition coefficient (Wildman–Crippen LogP) is 6.49. The fourth-order valence-corrected chi connectivity index (χ4v) is 6.38. The molecule has 1 amide bonds. The molecular weight excluding hydrogens is 586 g/mol. The number of rotatable bonds is 15. The monoisotopic (exact) mass is 633 g/mol. The minimum absolute atomic E-state index is 0.0905. The lowest BCUT2D eigenvalue weighted by molar-refractivity contribution is 0.0476. The van der Waals surface area contributed by atoms with E-state index in [1.807, 2.05) is 12.3 Å². The Kier molecular flexibility index (Phi) is 11.7. The summed E-state index contributed by atoms with van der Waals surface area (Å²) >= 11 is 0. The summed E-state index contributed by atoms with van der Waals surface area (Å²) in [5.74, 6) is -1.05. The van der Waals surface area contributed by atoms with Gasteiger partial charge in [0.1, 0.15) is 17.2 Å². The van der Waals surface area contributed by atoms with E-state index in [9.17, 15) is 18.0 Å². The van der Waals surface area contributed by atoms with E-state index in [0.717, 1.165) is 55.6 Å². The Morgan fingerprint density at radius 3 is 2.42 bits per heavy atom. The summed E-state index contributed by atoms with van der Waals surface area (Å²) < 4.78 is 63.6. The van der Waals surface area contributed by atoms with Gasteiger partial charge in [-0.1, -0.05) is 19.9 Å². The van der Waals surface area contributed by atoms with Gasteiger partial charge in [0.25, 0.3) is 12.3 Å². The van der Waals surface area contributed by atoms with Crippen molar-refractivity contribution in [2.24, 2.45) is 5.92 Å². The normalized spacial score (nSPS) is 15.2.